The third-order valence-corrected chi connectivity index (χ3v) is 2.90. The van der Waals surface area contributed by atoms with E-state index in [1.54, 1.807) is 18.2 Å². The van der Waals surface area contributed by atoms with Crippen molar-refractivity contribution in [2.24, 2.45) is 0 Å². The first-order valence-corrected chi connectivity index (χ1v) is 7.13. The van der Waals surface area contributed by atoms with Crippen molar-refractivity contribution >= 4 is 17.5 Å². The van der Waals surface area contributed by atoms with Crippen LogP contribution in [-0.4, -0.2) is 39.1 Å². The second kappa shape index (κ2) is 9.74. The molecule has 0 atom stereocenters. The van der Waals surface area contributed by atoms with Crippen molar-refractivity contribution in [3.05, 3.63) is 30.0 Å². The minimum absolute atomic E-state index is 0.0902. The number of benzene rings is 1. The largest absolute Gasteiger partial charge is 0.493 e. The number of carbonyl (C=O) groups excluding carboxylic acids is 2. The Balaban J connectivity index is 2.67. The number of hydrogen-bond donors (Lipinski definition) is 3. The van der Waals surface area contributed by atoms with Crippen molar-refractivity contribution < 1.29 is 19.1 Å². The number of nitriles is 1. The van der Waals surface area contributed by atoms with Gasteiger partial charge in [-0.25, -0.2) is 0 Å². The molecule has 24 heavy (non-hydrogen) atoms. The third kappa shape index (κ3) is 5.88. The Morgan fingerprint density at radius 3 is 2.50 bits per heavy atom. The molecule has 0 saturated heterocycles. The molecule has 128 valence electrons. The van der Waals surface area contributed by atoms with Crippen LogP contribution in [0, 0.1) is 11.3 Å². The number of nitrogens with zero attached hydrogens (tertiary/aromatic N) is 1. The molecule has 0 radical (unpaired) electrons. The van der Waals surface area contributed by atoms with Gasteiger partial charge < -0.3 is 25.4 Å². The van der Waals surface area contributed by atoms with E-state index in [0.717, 1.165) is 0 Å². The van der Waals surface area contributed by atoms with Gasteiger partial charge in [0.15, 0.2) is 11.5 Å². The average molecular weight is 332 g/mol. The highest BCUT2D eigenvalue weighted by Gasteiger charge is 2.11. The van der Waals surface area contributed by atoms with E-state index in [-0.39, 0.29) is 11.5 Å². The first-order chi connectivity index (χ1) is 11.5. The van der Waals surface area contributed by atoms with E-state index in [1.165, 1.54) is 27.3 Å². The Hall–Kier alpha value is -3.21. The number of amides is 2. The maximum Gasteiger partial charge on any atom is 0.267 e. The van der Waals surface area contributed by atoms with Crippen molar-refractivity contribution in [2.75, 3.05) is 32.6 Å². The van der Waals surface area contributed by atoms with Crippen molar-refractivity contribution in [3.8, 4) is 17.6 Å². The van der Waals surface area contributed by atoms with Crippen LogP contribution in [0.3, 0.4) is 0 Å². The lowest BCUT2D eigenvalue weighted by Crippen LogP contribution is -2.28. The van der Waals surface area contributed by atoms with Gasteiger partial charge in [-0.1, -0.05) is 0 Å². The van der Waals surface area contributed by atoms with Crippen molar-refractivity contribution in [1.29, 1.82) is 5.26 Å². The van der Waals surface area contributed by atoms with Gasteiger partial charge in [-0.2, -0.15) is 5.26 Å². The second-order valence-corrected chi connectivity index (χ2v) is 4.63. The summed E-state index contributed by atoms with van der Waals surface area (Å²) in [7, 11) is 3.00. The number of ether oxygens (including phenoxy) is 2. The highest BCUT2D eigenvalue weighted by Crippen LogP contribution is 2.29. The predicted molar refractivity (Wildman–Crippen MR) is 88.6 cm³/mol. The summed E-state index contributed by atoms with van der Waals surface area (Å²) < 4.78 is 10.3. The Kier molecular flexibility index (Phi) is 7.64. The molecule has 0 unspecified atom stereocenters. The zero-order valence-corrected chi connectivity index (χ0v) is 13.8. The predicted octanol–water partition coefficient (Wildman–Crippen LogP) is 0.775. The lowest BCUT2D eigenvalue weighted by atomic mass is 10.2. The minimum Gasteiger partial charge on any atom is -0.493 e. The molecule has 0 bridgehead atoms. The second-order valence-electron chi connectivity index (χ2n) is 4.63. The quantitative estimate of drug-likeness (QED) is 0.368. The highest BCUT2D eigenvalue weighted by molar-refractivity contribution is 6.06. The molecule has 0 aliphatic heterocycles. The summed E-state index contributed by atoms with van der Waals surface area (Å²) in [5.41, 5.74) is 0.379. The van der Waals surface area contributed by atoms with Gasteiger partial charge in [0.05, 0.1) is 14.2 Å². The standard InChI is InChI=1S/C16H20N4O4/c1-11(21)19-7-6-18-10-12(9-17)16(22)20-13-4-5-14(23-2)15(8-13)24-3/h4-5,8,10,18H,6-7H2,1-3H3,(H,19,21)(H,20,22)/b12-10-. The molecule has 0 heterocycles. The maximum atomic E-state index is 12.1. The molecule has 3 N–H and O–H groups in total. The Bertz CT molecular complexity index is 665. The van der Waals surface area contributed by atoms with Gasteiger partial charge in [-0.3, -0.25) is 9.59 Å². The number of hydrogen-bond acceptors (Lipinski definition) is 6. The van der Waals surface area contributed by atoms with Crippen LogP contribution >= 0.6 is 0 Å². The lowest BCUT2D eigenvalue weighted by Gasteiger charge is -2.10. The van der Waals surface area contributed by atoms with Gasteiger partial charge >= 0.3 is 0 Å². The Labute approximate surface area is 140 Å². The van der Waals surface area contributed by atoms with Gasteiger partial charge in [-0.15, -0.1) is 0 Å². The highest BCUT2D eigenvalue weighted by atomic mass is 16.5. The van der Waals surface area contributed by atoms with Crippen LogP contribution in [0.4, 0.5) is 5.69 Å². The molecule has 1 aromatic rings. The zero-order chi connectivity index (χ0) is 17.9. The molecule has 8 nitrogen and oxygen atoms in total. The van der Waals surface area contributed by atoms with Gasteiger partial charge in [0.25, 0.3) is 5.91 Å². The molecule has 0 saturated carbocycles. The van der Waals surface area contributed by atoms with Gasteiger partial charge in [0, 0.05) is 38.0 Å². The Morgan fingerprint density at radius 2 is 1.92 bits per heavy atom. The monoisotopic (exact) mass is 332 g/mol. The smallest absolute Gasteiger partial charge is 0.267 e. The summed E-state index contributed by atoms with van der Waals surface area (Å²) in [6, 6.07) is 6.70. The number of rotatable bonds is 8. The van der Waals surface area contributed by atoms with E-state index >= 15 is 0 Å². The Morgan fingerprint density at radius 1 is 1.21 bits per heavy atom. The van der Waals surface area contributed by atoms with E-state index in [9.17, 15) is 9.59 Å². The van der Waals surface area contributed by atoms with Crippen molar-refractivity contribution in [2.45, 2.75) is 6.92 Å². The van der Waals surface area contributed by atoms with Gasteiger partial charge in [0.2, 0.25) is 5.91 Å². The van der Waals surface area contributed by atoms with E-state index < -0.39 is 5.91 Å². The lowest BCUT2D eigenvalue weighted by molar-refractivity contribution is -0.119. The van der Waals surface area contributed by atoms with Crippen LogP contribution in [0.25, 0.3) is 0 Å². The molecule has 1 rings (SSSR count). The van der Waals surface area contributed by atoms with Crippen molar-refractivity contribution in [1.82, 2.24) is 10.6 Å². The number of nitrogens with one attached hydrogen (secondary N) is 3. The zero-order valence-electron chi connectivity index (χ0n) is 13.8. The number of carbonyl (C=O) groups is 2. The maximum absolute atomic E-state index is 12.1. The van der Waals surface area contributed by atoms with Crippen LogP contribution in [-0.2, 0) is 9.59 Å². The van der Waals surface area contributed by atoms with Crippen LogP contribution in [0.15, 0.2) is 30.0 Å². The van der Waals surface area contributed by atoms with E-state index in [1.807, 2.05) is 6.07 Å². The average Bonchev–Trinajstić information content (AvgIpc) is 2.57. The summed E-state index contributed by atoms with van der Waals surface area (Å²) in [5.74, 6) is 0.293. The third-order valence-electron chi connectivity index (χ3n) is 2.90. The number of methoxy groups -OCH3 is 2. The van der Waals surface area contributed by atoms with E-state index in [4.69, 9.17) is 14.7 Å². The molecule has 0 fully saturated rings. The fourth-order valence-corrected chi connectivity index (χ4v) is 1.75. The fourth-order valence-electron chi connectivity index (χ4n) is 1.75. The van der Waals surface area contributed by atoms with E-state index in [2.05, 4.69) is 16.0 Å². The SMILES string of the molecule is COc1ccc(NC(=O)/C(C#N)=C\NCCNC(C)=O)cc1OC. The first kappa shape index (κ1) is 18.8. The molecule has 8 heteroatoms. The van der Waals surface area contributed by atoms with Crippen LogP contribution in [0.5, 0.6) is 11.5 Å². The molecular weight excluding hydrogens is 312 g/mol. The van der Waals surface area contributed by atoms with Crippen LogP contribution < -0.4 is 25.4 Å². The summed E-state index contributed by atoms with van der Waals surface area (Å²) in [6.07, 6.45) is 1.30. The fraction of sp³-hybridized carbons (Fsp3) is 0.312. The van der Waals surface area contributed by atoms with Gasteiger partial charge in [-0.05, 0) is 12.1 Å². The molecule has 0 aliphatic carbocycles. The van der Waals surface area contributed by atoms with Gasteiger partial charge in [0.1, 0.15) is 11.6 Å². The molecular formula is C16H20N4O4. The van der Waals surface area contributed by atoms with Crippen LogP contribution in [0.1, 0.15) is 6.92 Å². The molecule has 0 spiro atoms. The topological polar surface area (TPSA) is 112 Å². The van der Waals surface area contributed by atoms with Crippen LogP contribution in [0.2, 0.25) is 0 Å². The molecule has 0 aromatic heterocycles. The molecule has 2 amide bonds. The minimum atomic E-state index is -0.559. The summed E-state index contributed by atoms with van der Waals surface area (Å²) in [6.45, 7) is 2.20. The molecule has 0 aliphatic rings. The van der Waals surface area contributed by atoms with Crippen molar-refractivity contribution in [3.63, 3.8) is 0 Å². The molecule has 1 aromatic carbocycles. The summed E-state index contributed by atoms with van der Waals surface area (Å²) in [4.78, 5) is 22.8. The number of anilines is 1. The normalized spacial score (nSPS) is 10.3. The van der Waals surface area contributed by atoms with E-state index in [0.29, 0.717) is 30.3 Å². The first-order valence-electron chi connectivity index (χ1n) is 7.13. The summed E-state index contributed by atoms with van der Waals surface area (Å²) >= 11 is 0. The summed E-state index contributed by atoms with van der Waals surface area (Å²) in [5, 5.41) is 17.1.